The van der Waals surface area contributed by atoms with E-state index in [1.54, 1.807) is 24.3 Å². The summed E-state index contributed by atoms with van der Waals surface area (Å²) in [5, 5.41) is 8.99. The molecule has 132 valence electrons. The molecule has 9 heteroatoms. The third-order valence-corrected chi connectivity index (χ3v) is 3.13. The number of anilines is 1. The van der Waals surface area contributed by atoms with Crippen LogP contribution in [0.1, 0.15) is 5.76 Å². The van der Waals surface area contributed by atoms with Gasteiger partial charge in [-0.1, -0.05) is 16.8 Å². The molecule has 0 bridgehead atoms. The monoisotopic (exact) mass is 365 g/mol. The third-order valence-electron chi connectivity index (χ3n) is 2.90. The molecule has 0 saturated heterocycles. The molecule has 0 saturated carbocycles. The molecule has 2 N–H and O–H groups in total. The van der Waals surface area contributed by atoms with Gasteiger partial charge in [0.2, 0.25) is 0 Å². The van der Waals surface area contributed by atoms with E-state index in [4.69, 9.17) is 25.6 Å². The number of halogens is 1. The van der Waals surface area contributed by atoms with Crippen LogP contribution in [0.5, 0.6) is 5.75 Å². The molecule has 1 aromatic carbocycles. The van der Waals surface area contributed by atoms with Gasteiger partial charge in [-0.3, -0.25) is 9.59 Å². The summed E-state index contributed by atoms with van der Waals surface area (Å²) in [6, 6.07) is 8.24. The molecule has 0 aliphatic carbocycles. The fraction of sp³-hybridized carbons (Fsp3) is 0.188. The van der Waals surface area contributed by atoms with E-state index in [0.717, 1.165) is 6.21 Å². The highest BCUT2D eigenvalue weighted by molar-refractivity contribution is 6.33. The van der Waals surface area contributed by atoms with Crippen molar-refractivity contribution < 1.29 is 23.6 Å². The largest absolute Gasteiger partial charge is 0.495 e. The van der Waals surface area contributed by atoms with Gasteiger partial charge in [-0.05, 0) is 30.3 Å². The molecule has 2 amide bonds. The van der Waals surface area contributed by atoms with Crippen molar-refractivity contribution in [1.82, 2.24) is 5.32 Å². The molecule has 0 aliphatic rings. The van der Waals surface area contributed by atoms with E-state index >= 15 is 0 Å². The Morgan fingerprint density at radius 2 is 2.20 bits per heavy atom. The van der Waals surface area contributed by atoms with Gasteiger partial charge in [-0.2, -0.15) is 0 Å². The van der Waals surface area contributed by atoms with Crippen molar-refractivity contribution in [2.24, 2.45) is 5.16 Å². The first kappa shape index (κ1) is 18.3. The molecule has 2 rings (SSSR count). The van der Waals surface area contributed by atoms with Crippen LogP contribution < -0.4 is 15.4 Å². The Morgan fingerprint density at radius 3 is 2.92 bits per heavy atom. The molecule has 0 aliphatic heterocycles. The number of amides is 2. The molecule has 0 atom stereocenters. The summed E-state index contributed by atoms with van der Waals surface area (Å²) >= 11 is 5.87. The van der Waals surface area contributed by atoms with Crippen molar-refractivity contribution in [3.63, 3.8) is 0 Å². The molecule has 1 heterocycles. The normalized spacial score (nSPS) is 10.5. The van der Waals surface area contributed by atoms with Crippen LogP contribution in [0.3, 0.4) is 0 Å². The van der Waals surface area contributed by atoms with E-state index in [-0.39, 0.29) is 13.2 Å². The summed E-state index contributed by atoms with van der Waals surface area (Å²) < 4.78 is 10.2. The lowest BCUT2D eigenvalue weighted by Crippen LogP contribution is -2.26. The first-order valence-electron chi connectivity index (χ1n) is 7.17. The highest BCUT2D eigenvalue weighted by Crippen LogP contribution is 2.27. The highest BCUT2D eigenvalue weighted by atomic mass is 35.5. The molecule has 8 nitrogen and oxygen atoms in total. The van der Waals surface area contributed by atoms with Gasteiger partial charge < -0.3 is 24.6 Å². The van der Waals surface area contributed by atoms with Crippen LogP contribution in [-0.2, 0) is 21.0 Å². The second-order valence-corrected chi connectivity index (χ2v) is 5.13. The van der Waals surface area contributed by atoms with E-state index in [9.17, 15) is 9.59 Å². The van der Waals surface area contributed by atoms with Crippen LogP contribution in [0, 0.1) is 0 Å². The summed E-state index contributed by atoms with van der Waals surface area (Å²) in [6.45, 7) is -0.0844. The predicted molar refractivity (Wildman–Crippen MR) is 91.6 cm³/mol. The smallest absolute Gasteiger partial charge is 0.270 e. The Bertz CT molecular complexity index is 746. The van der Waals surface area contributed by atoms with Crippen molar-refractivity contribution >= 4 is 35.3 Å². The molecule has 1 aromatic heterocycles. The maximum absolute atomic E-state index is 11.8. The first-order chi connectivity index (χ1) is 12.1. The Hall–Kier alpha value is -3.00. The maximum Gasteiger partial charge on any atom is 0.270 e. The van der Waals surface area contributed by atoms with Crippen LogP contribution in [0.4, 0.5) is 5.69 Å². The molecule has 25 heavy (non-hydrogen) atoms. The Morgan fingerprint density at radius 1 is 1.36 bits per heavy atom. The number of methoxy groups -OCH3 is 1. The van der Waals surface area contributed by atoms with Crippen molar-refractivity contribution in [3.05, 3.63) is 47.4 Å². The second-order valence-electron chi connectivity index (χ2n) is 4.70. The van der Waals surface area contributed by atoms with Crippen LogP contribution >= 0.6 is 11.6 Å². The van der Waals surface area contributed by atoms with E-state index in [1.807, 2.05) is 0 Å². The standard InChI is InChI=1S/C16H16ClN3O5/c1-23-14-5-4-11(17)7-13(14)20-15(21)9-19-25-10-16(22)18-8-12-3-2-6-24-12/h2-7,9H,8,10H2,1H3,(H,18,22)(H,20,21)/b19-9-. The van der Waals surface area contributed by atoms with Crippen LogP contribution in [0.15, 0.2) is 46.2 Å². The second kappa shape index (κ2) is 9.33. The van der Waals surface area contributed by atoms with Crippen molar-refractivity contribution in [3.8, 4) is 5.75 Å². The number of nitrogens with one attached hydrogen (secondary N) is 2. The van der Waals surface area contributed by atoms with Crippen molar-refractivity contribution in [1.29, 1.82) is 0 Å². The lowest BCUT2D eigenvalue weighted by molar-refractivity contribution is -0.126. The number of hydrogen-bond acceptors (Lipinski definition) is 6. The lowest BCUT2D eigenvalue weighted by atomic mass is 10.3. The summed E-state index contributed by atoms with van der Waals surface area (Å²) in [5.74, 6) is 0.109. The first-order valence-corrected chi connectivity index (χ1v) is 7.55. The summed E-state index contributed by atoms with van der Waals surface area (Å²) in [6.07, 6.45) is 2.41. The van der Waals surface area contributed by atoms with E-state index in [0.29, 0.717) is 22.2 Å². The van der Waals surface area contributed by atoms with Crippen LogP contribution in [0.2, 0.25) is 5.02 Å². The van der Waals surface area contributed by atoms with Crippen molar-refractivity contribution in [2.75, 3.05) is 19.0 Å². The van der Waals surface area contributed by atoms with Gasteiger partial charge in [-0.25, -0.2) is 0 Å². The molecular formula is C16H16ClN3O5. The van der Waals surface area contributed by atoms with Gasteiger partial charge in [0.1, 0.15) is 17.7 Å². The predicted octanol–water partition coefficient (Wildman–Crippen LogP) is 2.20. The van der Waals surface area contributed by atoms with Gasteiger partial charge in [0, 0.05) is 5.02 Å². The minimum Gasteiger partial charge on any atom is -0.495 e. The zero-order valence-corrected chi connectivity index (χ0v) is 14.1. The molecule has 0 radical (unpaired) electrons. The van der Waals surface area contributed by atoms with E-state index < -0.39 is 11.8 Å². The van der Waals surface area contributed by atoms with Crippen molar-refractivity contribution in [2.45, 2.75) is 6.54 Å². The third kappa shape index (κ3) is 6.19. The maximum atomic E-state index is 11.8. The number of rotatable bonds is 8. The number of furan rings is 1. The Kier molecular flexibility index (Phi) is 6.85. The zero-order chi connectivity index (χ0) is 18.1. The van der Waals surface area contributed by atoms with E-state index in [1.165, 1.54) is 19.4 Å². The lowest BCUT2D eigenvalue weighted by Gasteiger charge is -2.08. The van der Waals surface area contributed by atoms with Gasteiger partial charge in [0.05, 0.1) is 25.6 Å². The Balaban J connectivity index is 1.73. The Labute approximate surface area is 148 Å². The number of ether oxygens (including phenoxy) is 1. The van der Waals surface area contributed by atoms with Gasteiger partial charge in [-0.15, -0.1) is 0 Å². The molecule has 2 aromatic rings. The molecular weight excluding hydrogens is 350 g/mol. The van der Waals surface area contributed by atoms with Gasteiger partial charge in [0.15, 0.2) is 6.61 Å². The average Bonchev–Trinajstić information content (AvgIpc) is 3.11. The topological polar surface area (TPSA) is 102 Å². The SMILES string of the molecule is COc1ccc(Cl)cc1NC(=O)/C=N\OCC(=O)NCc1ccco1. The van der Waals surface area contributed by atoms with Gasteiger partial charge in [0.25, 0.3) is 11.8 Å². The number of benzene rings is 1. The fourth-order valence-electron chi connectivity index (χ4n) is 1.77. The number of nitrogens with zero attached hydrogens (tertiary/aromatic N) is 1. The molecule has 0 unspecified atom stereocenters. The highest BCUT2D eigenvalue weighted by Gasteiger charge is 2.07. The number of hydrogen-bond donors (Lipinski definition) is 2. The minimum absolute atomic E-state index is 0.244. The zero-order valence-electron chi connectivity index (χ0n) is 13.3. The van der Waals surface area contributed by atoms with Crippen LogP contribution in [0.25, 0.3) is 0 Å². The molecule has 0 spiro atoms. The quantitative estimate of drug-likeness (QED) is 0.551. The summed E-state index contributed by atoms with van der Waals surface area (Å²) in [4.78, 5) is 28.0. The summed E-state index contributed by atoms with van der Waals surface area (Å²) in [5.41, 5.74) is 0.391. The fourth-order valence-corrected chi connectivity index (χ4v) is 1.95. The number of carbonyl (C=O) groups excluding carboxylic acids is 2. The van der Waals surface area contributed by atoms with Crippen LogP contribution in [-0.4, -0.2) is 31.7 Å². The minimum atomic E-state index is -0.559. The van der Waals surface area contributed by atoms with Gasteiger partial charge >= 0.3 is 0 Å². The van der Waals surface area contributed by atoms with E-state index in [2.05, 4.69) is 15.8 Å². The molecule has 0 fully saturated rings. The number of oxime groups is 1. The number of carbonyl (C=O) groups is 2. The average molecular weight is 366 g/mol. The summed E-state index contributed by atoms with van der Waals surface area (Å²) in [7, 11) is 1.47.